The minimum absolute atomic E-state index is 0.415. The van der Waals surface area contributed by atoms with E-state index in [1.807, 2.05) is 19.1 Å². The third-order valence-corrected chi connectivity index (χ3v) is 2.61. The number of benzene rings is 1. The molecule has 0 aliphatic carbocycles. The van der Waals surface area contributed by atoms with E-state index in [2.05, 4.69) is 0 Å². The maximum Gasteiger partial charge on any atom is 0.416 e. The van der Waals surface area contributed by atoms with Crippen LogP contribution in [-0.2, 0) is 0 Å². The van der Waals surface area contributed by atoms with Gasteiger partial charge in [-0.15, -0.1) is 0 Å². The Labute approximate surface area is 98.7 Å². The Balaban J connectivity index is 2.83. The number of hydrogen-bond acceptors (Lipinski definition) is 2. The third-order valence-electron chi connectivity index (χ3n) is 2.61. The molecule has 0 bridgehead atoms. The Kier molecular flexibility index (Phi) is 4.40. The number of nitrogens with zero attached hydrogens (tertiary/aromatic N) is 1. The van der Waals surface area contributed by atoms with Gasteiger partial charge in [0.2, 0.25) is 0 Å². The Morgan fingerprint density at radius 1 is 1.29 bits per heavy atom. The number of hydrogen-bond donors (Lipinski definition) is 1. The number of aliphatic hydroxyl groups excluding tert-OH is 1. The van der Waals surface area contributed by atoms with Crippen LogP contribution in [-0.4, -0.2) is 30.5 Å². The number of halogens is 3. The van der Waals surface area contributed by atoms with Gasteiger partial charge in [-0.3, -0.25) is 0 Å². The highest BCUT2D eigenvalue weighted by molar-refractivity contribution is 5.52. The van der Waals surface area contributed by atoms with Crippen LogP contribution in [0.25, 0.3) is 0 Å². The molecule has 0 saturated carbocycles. The van der Waals surface area contributed by atoms with E-state index >= 15 is 0 Å². The molecular weight excluding hydrogens is 231 g/mol. The van der Waals surface area contributed by atoms with Gasteiger partial charge in [0.15, 0.2) is 6.10 Å². The topological polar surface area (TPSA) is 23.5 Å². The van der Waals surface area contributed by atoms with Gasteiger partial charge in [0.1, 0.15) is 0 Å². The summed E-state index contributed by atoms with van der Waals surface area (Å²) in [5.74, 6) is 0. The van der Waals surface area contributed by atoms with Crippen molar-refractivity contribution in [3.05, 3.63) is 29.8 Å². The fraction of sp³-hybridized carbons (Fsp3) is 0.500. The predicted octanol–water partition coefficient (Wildman–Crippen LogP) is 2.74. The van der Waals surface area contributed by atoms with Crippen LogP contribution in [0, 0.1) is 6.92 Å². The Morgan fingerprint density at radius 2 is 1.88 bits per heavy atom. The van der Waals surface area contributed by atoms with Gasteiger partial charge in [0.05, 0.1) is 6.54 Å². The summed E-state index contributed by atoms with van der Waals surface area (Å²) >= 11 is 0. The van der Waals surface area contributed by atoms with Crippen molar-refractivity contribution in [1.29, 1.82) is 0 Å². The largest absolute Gasteiger partial charge is 0.416 e. The van der Waals surface area contributed by atoms with Crippen molar-refractivity contribution in [3.63, 3.8) is 0 Å². The normalized spacial score (nSPS) is 13.5. The van der Waals surface area contributed by atoms with Crippen molar-refractivity contribution < 1.29 is 18.3 Å². The van der Waals surface area contributed by atoms with Crippen LogP contribution in [0.2, 0.25) is 0 Å². The summed E-state index contributed by atoms with van der Waals surface area (Å²) in [5, 5.41) is 9.07. The molecule has 0 saturated heterocycles. The first-order valence-corrected chi connectivity index (χ1v) is 5.41. The zero-order valence-electron chi connectivity index (χ0n) is 9.83. The second-order valence-corrected chi connectivity index (χ2v) is 3.88. The van der Waals surface area contributed by atoms with E-state index in [4.69, 9.17) is 5.11 Å². The number of aryl methyl sites for hydroxylation is 1. The van der Waals surface area contributed by atoms with E-state index in [9.17, 15) is 13.2 Å². The molecule has 1 atom stereocenters. The van der Waals surface area contributed by atoms with Gasteiger partial charge >= 0.3 is 6.18 Å². The van der Waals surface area contributed by atoms with E-state index in [1.165, 1.54) is 4.90 Å². The molecule has 0 fully saturated rings. The van der Waals surface area contributed by atoms with Crippen molar-refractivity contribution in [2.45, 2.75) is 26.1 Å². The van der Waals surface area contributed by atoms with Gasteiger partial charge in [0.25, 0.3) is 0 Å². The van der Waals surface area contributed by atoms with E-state index < -0.39 is 18.8 Å². The van der Waals surface area contributed by atoms with Gasteiger partial charge in [-0.05, 0) is 25.5 Å². The monoisotopic (exact) mass is 247 g/mol. The Morgan fingerprint density at radius 3 is 2.35 bits per heavy atom. The maximum absolute atomic E-state index is 12.3. The average Bonchev–Trinajstić information content (AvgIpc) is 2.25. The first-order valence-electron chi connectivity index (χ1n) is 5.41. The summed E-state index contributed by atoms with van der Waals surface area (Å²) in [4.78, 5) is 1.52. The van der Waals surface area contributed by atoms with Gasteiger partial charge in [-0.1, -0.05) is 18.2 Å². The lowest BCUT2D eigenvalue weighted by atomic mass is 10.1. The Bertz CT molecular complexity index is 365. The fourth-order valence-corrected chi connectivity index (χ4v) is 1.63. The smallest absolute Gasteiger partial charge is 0.382 e. The molecule has 5 heteroatoms. The maximum atomic E-state index is 12.3. The number of rotatable bonds is 4. The molecule has 0 aromatic heterocycles. The van der Waals surface area contributed by atoms with E-state index in [1.54, 1.807) is 19.1 Å². The predicted molar refractivity (Wildman–Crippen MR) is 61.1 cm³/mol. The van der Waals surface area contributed by atoms with Crippen LogP contribution in [0.1, 0.15) is 12.5 Å². The average molecular weight is 247 g/mol. The molecule has 0 heterocycles. The van der Waals surface area contributed by atoms with Crippen LogP contribution in [0.5, 0.6) is 0 Å². The highest BCUT2D eigenvalue weighted by Crippen LogP contribution is 2.24. The summed E-state index contributed by atoms with van der Waals surface area (Å²) in [6.45, 7) is 3.57. The lowest BCUT2D eigenvalue weighted by Crippen LogP contribution is -2.41. The summed E-state index contributed by atoms with van der Waals surface area (Å²) in [7, 11) is 0. The molecule has 0 radical (unpaired) electrons. The zero-order valence-corrected chi connectivity index (χ0v) is 9.83. The van der Waals surface area contributed by atoms with Gasteiger partial charge in [0, 0.05) is 12.2 Å². The molecule has 1 aromatic rings. The molecule has 1 N–H and O–H groups in total. The van der Waals surface area contributed by atoms with E-state index in [0.717, 1.165) is 11.3 Å². The highest BCUT2D eigenvalue weighted by atomic mass is 19.4. The molecule has 0 spiro atoms. The molecule has 17 heavy (non-hydrogen) atoms. The van der Waals surface area contributed by atoms with Crippen LogP contribution >= 0.6 is 0 Å². The first kappa shape index (κ1) is 13.8. The second kappa shape index (κ2) is 5.40. The summed E-state index contributed by atoms with van der Waals surface area (Å²) < 4.78 is 36.9. The molecule has 0 aliphatic rings. The molecule has 1 rings (SSSR count). The summed E-state index contributed by atoms with van der Waals surface area (Å²) in [5.41, 5.74) is 1.61. The van der Waals surface area contributed by atoms with E-state index in [-0.39, 0.29) is 0 Å². The van der Waals surface area contributed by atoms with Crippen molar-refractivity contribution >= 4 is 5.69 Å². The number of para-hydroxylation sites is 1. The molecule has 1 aromatic carbocycles. The lowest BCUT2D eigenvalue weighted by molar-refractivity contribution is -0.200. The molecule has 96 valence electrons. The van der Waals surface area contributed by atoms with Crippen LogP contribution in [0.3, 0.4) is 0 Å². The molecule has 1 unspecified atom stereocenters. The van der Waals surface area contributed by atoms with Crippen molar-refractivity contribution in [2.24, 2.45) is 0 Å². The number of likely N-dealkylation sites (N-methyl/N-ethyl adjacent to an activating group) is 1. The SMILES string of the molecule is CCN(CC(O)C(F)(F)F)c1ccccc1C. The summed E-state index contributed by atoms with van der Waals surface area (Å²) in [6.07, 6.45) is -6.89. The van der Waals surface area contributed by atoms with Crippen molar-refractivity contribution in [1.82, 2.24) is 0 Å². The quantitative estimate of drug-likeness (QED) is 0.884. The molecule has 0 aliphatic heterocycles. The lowest BCUT2D eigenvalue weighted by Gasteiger charge is -2.28. The molecular formula is C12H16F3NO. The van der Waals surface area contributed by atoms with Gasteiger partial charge in [-0.25, -0.2) is 0 Å². The number of aliphatic hydroxyl groups is 1. The minimum atomic E-state index is -4.57. The summed E-state index contributed by atoms with van der Waals surface area (Å²) in [6, 6.07) is 7.18. The van der Waals surface area contributed by atoms with Crippen LogP contribution in [0.4, 0.5) is 18.9 Å². The van der Waals surface area contributed by atoms with Crippen molar-refractivity contribution in [3.8, 4) is 0 Å². The standard InChI is InChI=1S/C12H16F3NO/c1-3-16(8-11(17)12(13,14)15)10-7-5-4-6-9(10)2/h4-7,11,17H,3,8H2,1-2H3. The Hall–Kier alpha value is -1.23. The van der Waals surface area contributed by atoms with Crippen LogP contribution in [0.15, 0.2) is 24.3 Å². The first-order chi connectivity index (χ1) is 7.86. The highest BCUT2D eigenvalue weighted by Gasteiger charge is 2.39. The number of alkyl halides is 3. The fourth-order valence-electron chi connectivity index (χ4n) is 1.63. The molecule has 2 nitrogen and oxygen atoms in total. The minimum Gasteiger partial charge on any atom is -0.382 e. The molecule has 0 amide bonds. The third kappa shape index (κ3) is 3.63. The second-order valence-electron chi connectivity index (χ2n) is 3.88. The zero-order chi connectivity index (χ0) is 13.1. The number of anilines is 1. The van der Waals surface area contributed by atoms with Crippen molar-refractivity contribution in [2.75, 3.05) is 18.0 Å². The van der Waals surface area contributed by atoms with Crippen LogP contribution < -0.4 is 4.90 Å². The van der Waals surface area contributed by atoms with Gasteiger partial charge in [-0.2, -0.15) is 13.2 Å². The van der Waals surface area contributed by atoms with Gasteiger partial charge < -0.3 is 10.0 Å². The van der Waals surface area contributed by atoms with E-state index in [0.29, 0.717) is 6.54 Å².